The van der Waals surface area contributed by atoms with Crippen LogP contribution < -0.4 is 5.32 Å². The van der Waals surface area contributed by atoms with Gasteiger partial charge < -0.3 is 14.5 Å². The van der Waals surface area contributed by atoms with Gasteiger partial charge in [0, 0.05) is 11.6 Å². The molecular weight excluding hydrogens is 330 g/mol. The number of ether oxygens (including phenoxy) is 1. The summed E-state index contributed by atoms with van der Waals surface area (Å²) in [5.41, 5.74) is 0.689. The molecule has 1 fully saturated rings. The van der Waals surface area contributed by atoms with Gasteiger partial charge in [0.2, 0.25) is 5.76 Å². The van der Waals surface area contributed by atoms with Gasteiger partial charge in [-0.05, 0) is 49.9 Å². The van der Waals surface area contributed by atoms with Crippen LogP contribution in [-0.4, -0.2) is 24.5 Å². The minimum absolute atomic E-state index is 0.0351. The molecule has 1 aliphatic rings. The quantitative estimate of drug-likeness (QED) is 0.809. The molecule has 0 radical (unpaired) electrons. The number of benzene rings is 1. The van der Waals surface area contributed by atoms with Crippen LogP contribution in [0.15, 0.2) is 40.8 Å². The molecule has 0 unspecified atom stereocenters. The van der Waals surface area contributed by atoms with Crippen LogP contribution >= 0.6 is 11.6 Å². The number of amides is 1. The number of nitrogens with one attached hydrogen (secondary N) is 1. The lowest BCUT2D eigenvalue weighted by Crippen LogP contribution is -2.37. The first-order chi connectivity index (χ1) is 11.5. The third-order valence-electron chi connectivity index (χ3n) is 4.00. The zero-order chi connectivity index (χ0) is 17.1. The first-order valence-corrected chi connectivity index (χ1v) is 8.23. The van der Waals surface area contributed by atoms with Crippen LogP contribution in [0.1, 0.15) is 30.3 Å². The fraction of sp³-hybridized carbons (Fsp3) is 0.333. The first kappa shape index (κ1) is 16.6. The standard InChI is InChI=1S/C18H18ClNO4/c1-11(12-6-7-12)20-17(21)10-23-18(22)16-9-8-15(24-16)13-4-2-3-5-14(13)19/h2-5,8-9,11-12H,6-7,10H2,1H3,(H,20,21)/t11-/m0/s1. The van der Waals surface area contributed by atoms with Crippen LogP contribution in [0.4, 0.5) is 0 Å². The molecule has 1 aromatic heterocycles. The van der Waals surface area contributed by atoms with Gasteiger partial charge in [0.1, 0.15) is 5.76 Å². The predicted octanol–water partition coefficient (Wildman–Crippen LogP) is 3.67. The molecule has 126 valence electrons. The van der Waals surface area contributed by atoms with Gasteiger partial charge in [-0.3, -0.25) is 4.79 Å². The lowest BCUT2D eigenvalue weighted by Gasteiger charge is -2.12. The summed E-state index contributed by atoms with van der Waals surface area (Å²) in [5.74, 6) is 0.0726. The molecule has 5 nitrogen and oxygen atoms in total. The molecule has 0 saturated heterocycles. The molecule has 6 heteroatoms. The number of esters is 1. The van der Waals surface area contributed by atoms with Gasteiger partial charge in [0.15, 0.2) is 6.61 Å². The van der Waals surface area contributed by atoms with Gasteiger partial charge >= 0.3 is 5.97 Å². The highest BCUT2D eigenvalue weighted by molar-refractivity contribution is 6.33. The molecule has 1 amide bonds. The Morgan fingerprint density at radius 2 is 2.04 bits per heavy atom. The Kier molecular flexibility index (Phi) is 4.90. The summed E-state index contributed by atoms with van der Waals surface area (Å²) >= 11 is 6.10. The van der Waals surface area contributed by atoms with E-state index in [1.165, 1.54) is 6.07 Å². The van der Waals surface area contributed by atoms with Crippen molar-refractivity contribution >= 4 is 23.5 Å². The Morgan fingerprint density at radius 1 is 1.29 bits per heavy atom. The summed E-state index contributed by atoms with van der Waals surface area (Å²) in [5, 5.41) is 3.35. The summed E-state index contributed by atoms with van der Waals surface area (Å²) in [6.45, 7) is 1.64. The predicted molar refractivity (Wildman–Crippen MR) is 89.8 cm³/mol. The van der Waals surface area contributed by atoms with E-state index in [4.69, 9.17) is 20.8 Å². The number of hydrogen-bond acceptors (Lipinski definition) is 4. The second-order valence-corrected chi connectivity index (χ2v) is 6.32. The molecule has 0 spiro atoms. The van der Waals surface area contributed by atoms with Crippen LogP contribution in [0.25, 0.3) is 11.3 Å². The highest BCUT2D eigenvalue weighted by Crippen LogP contribution is 2.32. The fourth-order valence-electron chi connectivity index (χ4n) is 2.47. The van der Waals surface area contributed by atoms with Crippen molar-refractivity contribution < 1.29 is 18.7 Å². The number of carbonyl (C=O) groups is 2. The van der Waals surface area contributed by atoms with E-state index in [0.29, 0.717) is 22.3 Å². The Balaban J connectivity index is 1.56. The molecule has 1 heterocycles. The molecule has 0 bridgehead atoms. The molecule has 1 aliphatic carbocycles. The Morgan fingerprint density at radius 3 is 2.75 bits per heavy atom. The monoisotopic (exact) mass is 347 g/mol. The number of carbonyl (C=O) groups excluding carboxylic acids is 2. The smallest absolute Gasteiger partial charge is 0.374 e. The summed E-state index contributed by atoms with van der Waals surface area (Å²) < 4.78 is 10.5. The van der Waals surface area contributed by atoms with Crippen LogP contribution in [-0.2, 0) is 9.53 Å². The average molecular weight is 348 g/mol. The van der Waals surface area contributed by atoms with Crippen LogP contribution in [0.2, 0.25) is 5.02 Å². The van der Waals surface area contributed by atoms with E-state index in [0.717, 1.165) is 12.8 Å². The Labute approximate surface area is 144 Å². The van der Waals surface area contributed by atoms with E-state index < -0.39 is 5.97 Å². The fourth-order valence-corrected chi connectivity index (χ4v) is 2.69. The maximum absolute atomic E-state index is 12.0. The van der Waals surface area contributed by atoms with Crippen molar-refractivity contribution in [2.24, 2.45) is 5.92 Å². The van der Waals surface area contributed by atoms with Crippen molar-refractivity contribution in [3.05, 3.63) is 47.2 Å². The topological polar surface area (TPSA) is 68.5 Å². The van der Waals surface area contributed by atoms with Gasteiger partial charge in [-0.15, -0.1) is 0 Å². The lowest BCUT2D eigenvalue weighted by atomic mass is 10.2. The van der Waals surface area contributed by atoms with E-state index in [1.807, 2.05) is 19.1 Å². The van der Waals surface area contributed by atoms with Gasteiger partial charge in [-0.1, -0.05) is 23.7 Å². The highest BCUT2D eigenvalue weighted by atomic mass is 35.5. The Bertz CT molecular complexity index is 751. The maximum atomic E-state index is 12.0. The number of halogens is 1. The summed E-state index contributed by atoms with van der Waals surface area (Å²) in [6.07, 6.45) is 2.27. The normalized spacial score (nSPS) is 14.9. The van der Waals surface area contributed by atoms with Gasteiger partial charge in [-0.2, -0.15) is 0 Å². The van der Waals surface area contributed by atoms with Crippen LogP contribution in [0.3, 0.4) is 0 Å². The number of rotatable bonds is 6. The van der Waals surface area contributed by atoms with Crippen molar-refractivity contribution in [1.82, 2.24) is 5.32 Å². The molecule has 24 heavy (non-hydrogen) atoms. The lowest BCUT2D eigenvalue weighted by molar-refractivity contribution is -0.125. The number of furan rings is 1. The zero-order valence-electron chi connectivity index (χ0n) is 13.3. The largest absolute Gasteiger partial charge is 0.450 e. The molecule has 1 aromatic carbocycles. The van der Waals surface area contributed by atoms with E-state index in [9.17, 15) is 9.59 Å². The molecule has 1 saturated carbocycles. The van der Waals surface area contributed by atoms with Crippen molar-refractivity contribution in [1.29, 1.82) is 0 Å². The third-order valence-corrected chi connectivity index (χ3v) is 4.33. The van der Waals surface area contributed by atoms with Gasteiger partial charge in [-0.25, -0.2) is 4.79 Å². The first-order valence-electron chi connectivity index (χ1n) is 7.86. The van der Waals surface area contributed by atoms with E-state index in [-0.39, 0.29) is 24.3 Å². The van der Waals surface area contributed by atoms with Crippen LogP contribution in [0.5, 0.6) is 0 Å². The second-order valence-electron chi connectivity index (χ2n) is 5.91. The molecule has 1 atom stereocenters. The van der Waals surface area contributed by atoms with E-state index in [1.54, 1.807) is 18.2 Å². The van der Waals surface area contributed by atoms with Crippen molar-refractivity contribution in [3.63, 3.8) is 0 Å². The minimum Gasteiger partial charge on any atom is -0.450 e. The molecular formula is C18H18ClNO4. The molecule has 2 aromatic rings. The minimum atomic E-state index is -0.678. The maximum Gasteiger partial charge on any atom is 0.374 e. The highest BCUT2D eigenvalue weighted by Gasteiger charge is 2.29. The van der Waals surface area contributed by atoms with Gasteiger partial charge in [0.05, 0.1) is 5.02 Å². The summed E-state index contributed by atoms with van der Waals surface area (Å²) in [6, 6.07) is 10.4. The summed E-state index contributed by atoms with van der Waals surface area (Å²) in [7, 11) is 0. The molecule has 1 N–H and O–H groups in total. The Hall–Kier alpha value is -2.27. The third kappa shape index (κ3) is 3.97. The molecule has 0 aliphatic heterocycles. The molecule has 3 rings (SSSR count). The number of hydrogen-bond donors (Lipinski definition) is 1. The van der Waals surface area contributed by atoms with Crippen LogP contribution in [0, 0.1) is 5.92 Å². The SMILES string of the molecule is C[C@H](NC(=O)COC(=O)c1ccc(-c2ccccc2Cl)o1)C1CC1. The van der Waals surface area contributed by atoms with Crippen molar-refractivity contribution in [2.75, 3.05) is 6.61 Å². The van der Waals surface area contributed by atoms with Gasteiger partial charge in [0.25, 0.3) is 5.91 Å². The zero-order valence-corrected chi connectivity index (χ0v) is 14.0. The average Bonchev–Trinajstić information content (AvgIpc) is 3.31. The van der Waals surface area contributed by atoms with E-state index >= 15 is 0 Å². The van der Waals surface area contributed by atoms with Crippen molar-refractivity contribution in [2.45, 2.75) is 25.8 Å². The summed E-state index contributed by atoms with van der Waals surface area (Å²) in [4.78, 5) is 23.7. The van der Waals surface area contributed by atoms with Crippen molar-refractivity contribution in [3.8, 4) is 11.3 Å². The second kappa shape index (κ2) is 7.09. The van der Waals surface area contributed by atoms with E-state index in [2.05, 4.69) is 5.32 Å².